The summed E-state index contributed by atoms with van der Waals surface area (Å²) in [4.78, 5) is 10.5. The summed E-state index contributed by atoms with van der Waals surface area (Å²) in [5.74, 6) is 2.11. The number of rotatable bonds is 8. The van der Waals surface area contributed by atoms with Crippen LogP contribution in [0.1, 0.15) is 23.1 Å². The molecule has 0 bridgehead atoms. The summed E-state index contributed by atoms with van der Waals surface area (Å²) >= 11 is 0. The van der Waals surface area contributed by atoms with Crippen molar-refractivity contribution in [1.29, 1.82) is 0 Å². The van der Waals surface area contributed by atoms with Gasteiger partial charge in [0.05, 0.1) is 13.7 Å². The number of hydrogen-bond donors (Lipinski definition) is 3. The molecule has 2 heterocycles. The molecular formula is C20H30N6O2. The smallest absolute Gasteiger partial charge is 0.221 e. The molecule has 28 heavy (non-hydrogen) atoms. The van der Waals surface area contributed by atoms with Gasteiger partial charge in [-0.05, 0) is 30.5 Å². The number of hydrogen-bond acceptors (Lipinski definition) is 8. The van der Waals surface area contributed by atoms with Crippen molar-refractivity contribution in [2.45, 2.75) is 19.8 Å². The Kier molecular flexibility index (Phi) is 6.89. The van der Waals surface area contributed by atoms with Gasteiger partial charge >= 0.3 is 0 Å². The Morgan fingerprint density at radius 1 is 1.21 bits per heavy atom. The topological polar surface area (TPSA) is 112 Å². The number of aryl methyl sites for hydroxylation is 1. The Hall–Kier alpha value is -2.58. The number of nitrogen functional groups attached to an aromatic ring is 2. The highest BCUT2D eigenvalue weighted by atomic mass is 16.5. The van der Waals surface area contributed by atoms with Gasteiger partial charge in [-0.25, -0.2) is 4.98 Å². The van der Waals surface area contributed by atoms with E-state index >= 15 is 0 Å². The fraction of sp³-hybridized carbons (Fsp3) is 0.500. The fourth-order valence-corrected chi connectivity index (χ4v) is 3.44. The van der Waals surface area contributed by atoms with E-state index in [2.05, 4.69) is 26.3 Å². The Morgan fingerprint density at radius 3 is 2.71 bits per heavy atom. The number of piperazine rings is 1. The summed E-state index contributed by atoms with van der Waals surface area (Å²) < 4.78 is 11.6. The summed E-state index contributed by atoms with van der Waals surface area (Å²) in [6.45, 7) is 8.10. The van der Waals surface area contributed by atoms with Crippen molar-refractivity contribution >= 4 is 11.8 Å². The molecule has 3 rings (SSSR count). The molecule has 8 nitrogen and oxygen atoms in total. The van der Waals surface area contributed by atoms with Gasteiger partial charge in [0, 0.05) is 50.9 Å². The van der Waals surface area contributed by atoms with E-state index in [1.165, 1.54) is 0 Å². The van der Waals surface area contributed by atoms with E-state index in [9.17, 15) is 0 Å². The third-order valence-electron chi connectivity index (χ3n) is 4.91. The van der Waals surface area contributed by atoms with Gasteiger partial charge in [-0.15, -0.1) is 0 Å². The Labute approximate surface area is 166 Å². The van der Waals surface area contributed by atoms with E-state index in [0.29, 0.717) is 18.8 Å². The maximum Gasteiger partial charge on any atom is 0.221 e. The third kappa shape index (κ3) is 5.24. The van der Waals surface area contributed by atoms with Crippen LogP contribution in [0.5, 0.6) is 11.5 Å². The lowest BCUT2D eigenvalue weighted by molar-refractivity contribution is 0.211. The number of anilines is 2. The van der Waals surface area contributed by atoms with Crippen molar-refractivity contribution in [2.75, 3.05) is 57.9 Å². The number of nitrogens with one attached hydrogen (secondary N) is 1. The number of benzene rings is 1. The number of aromatic nitrogens is 2. The zero-order chi connectivity index (χ0) is 19.9. The van der Waals surface area contributed by atoms with Gasteiger partial charge < -0.3 is 31.2 Å². The summed E-state index contributed by atoms with van der Waals surface area (Å²) in [6, 6.07) is 4.07. The van der Waals surface area contributed by atoms with Crippen LogP contribution in [-0.2, 0) is 6.42 Å². The molecule has 2 aromatic rings. The van der Waals surface area contributed by atoms with Crippen molar-refractivity contribution in [3.05, 3.63) is 35.0 Å². The summed E-state index contributed by atoms with van der Waals surface area (Å²) in [6.07, 6.45) is 3.26. The Balaban J connectivity index is 1.62. The van der Waals surface area contributed by atoms with Crippen LogP contribution >= 0.6 is 0 Å². The number of nitrogens with zero attached hydrogens (tertiary/aromatic N) is 3. The molecule has 0 unspecified atom stereocenters. The molecule has 0 aliphatic carbocycles. The summed E-state index contributed by atoms with van der Waals surface area (Å²) in [5.41, 5.74) is 14.5. The van der Waals surface area contributed by atoms with Crippen LogP contribution in [0.4, 0.5) is 11.8 Å². The molecule has 1 aromatic heterocycles. The maximum absolute atomic E-state index is 6.06. The predicted octanol–water partition coefficient (Wildman–Crippen LogP) is 1.22. The molecule has 1 aliphatic heterocycles. The lowest BCUT2D eigenvalue weighted by atomic mass is 10.0. The van der Waals surface area contributed by atoms with Crippen molar-refractivity contribution < 1.29 is 9.47 Å². The maximum atomic E-state index is 6.06. The van der Waals surface area contributed by atoms with Gasteiger partial charge in [0.2, 0.25) is 5.95 Å². The van der Waals surface area contributed by atoms with Crippen LogP contribution in [0.3, 0.4) is 0 Å². The first-order chi connectivity index (χ1) is 13.6. The molecule has 1 saturated heterocycles. The van der Waals surface area contributed by atoms with Crippen molar-refractivity contribution in [2.24, 2.45) is 0 Å². The highest BCUT2D eigenvalue weighted by molar-refractivity contribution is 5.51. The van der Waals surface area contributed by atoms with Crippen LogP contribution in [-0.4, -0.2) is 61.3 Å². The molecule has 0 radical (unpaired) electrons. The zero-order valence-corrected chi connectivity index (χ0v) is 16.7. The second kappa shape index (κ2) is 9.57. The second-order valence-electron chi connectivity index (χ2n) is 7.05. The Bertz CT molecular complexity index is 793. The van der Waals surface area contributed by atoms with Crippen molar-refractivity contribution in [3.8, 4) is 11.5 Å². The van der Waals surface area contributed by atoms with E-state index < -0.39 is 0 Å². The first-order valence-electron chi connectivity index (χ1n) is 9.67. The molecule has 1 aliphatic rings. The molecule has 152 valence electrons. The van der Waals surface area contributed by atoms with Gasteiger partial charge in [-0.1, -0.05) is 6.07 Å². The number of methoxy groups -OCH3 is 1. The minimum absolute atomic E-state index is 0.180. The third-order valence-corrected chi connectivity index (χ3v) is 4.91. The second-order valence-corrected chi connectivity index (χ2v) is 7.05. The molecule has 0 amide bonds. The predicted molar refractivity (Wildman–Crippen MR) is 111 cm³/mol. The highest BCUT2D eigenvalue weighted by Crippen LogP contribution is 2.33. The van der Waals surface area contributed by atoms with Gasteiger partial charge in [-0.2, -0.15) is 4.98 Å². The normalized spacial score (nSPS) is 14.8. The Morgan fingerprint density at radius 2 is 2.00 bits per heavy atom. The van der Waals surface area contributed by atoms with Crippen LogP contribution < -0.4 is 26.3 Å². The lowest BCUT2D eigenvalue weighted by Gasteiger charge is -2.27. The number of ether oxygens (including phenoxy) is 2. The first kappa shape index (κ1) is 20.2. The average molecular weight is 387 g/mol. The van der Waals surface area contributed by atoms with E-state index in [4.69, 9.17) is 20.9 Å². The molecular weight excluding hydrogens is 356 g/mol. The van der Waals surface area contributed by atoms with Crippen LogP contribution in [0.15, 0.2) is 18.3 Å². The van der Waals surface area contributed by atoms with E-state index in [1.54, 1.807) is 13.3 Å². The summed E-state index contributed by atoms with van der Waals surface area (Å²) in [5, 5.41) is 3.37. The van der Waals surface area contributed by atoms with Gasteiger partial charge in [0.25, 0.3) is 0 Å². The molecule has 0 saturated carbocycles. The van der Waals surface area contributed by atoms with Crippen molar-refractivity contribution in [1.82, 2.24) is 20.2 Å². The van der Waals surface area contributed by atoms with Gasteiger partial charge in [0.15, 0.2) is 11.5 Å². The van der Waals surface area contributed by atoms with Crippen LogP contribution in [0.25, 0.3) is 0 Å². The van der Waals surface area contributed by atoms with E-state index in [0.717, 1.165) is 67.3 Å². The highest BCUT2D eigenvalue weighted by Gasteiger charge is 2.13. The quantitative estimate of drug-likeness (QED) is 0.581. The van der Waals surface area contributed by atoms with Crippen molar-refractivity contribution in [3.63, 3.8) is 0 Å². The fourth-order valence-electron chi connectivity index (χ4n) is 3.44. The molecule has 1 aromatic carbocycles. The largest absolute Gasteiger partial charge is 0.493 e. The molecule has 8 heteroatoms. The summed E-state index contributed by atoms with van der Waals surface area (Å²) in [7, 11) is 1.66. The standard InChI is InChI=1S/C20H30N6O2/c1-14-10-15(11-16-13-24-20(22)25-19(16)21)12-17(27-2)18(14)28-9-3-6-26-7-4-23-5-8-26/h10,12-13,23H,3-9,11H2,1-2H3,(H4,21,22,24,25). The van der Waals surface area contributed by atoms with Gasteiger partial charge in [-0.3, -0.25) is 0 Å². The molecule has 1 fully saturated rings. The minimum Gasteiger partial charge on any atom is -0.493 e. The average Bonchev–Trinajstić information content (AvgIpc) is 2.69. The van der Waals surface area contributed by atoms with Gasteiger partial charge in [0.1, 0.15) is 5.82 Å². The molecule has 5 N–H and O–H groups in total. The number of nitrogens with two attached hydrogens (primary N) is 2. The first-order valence-corrected chi connectivity index (χ1v) is 9.67. The molecule has 0 spiro atoms. The minimum atomic E-state index is 0.180. The SMILES string of the molecule is COc1cc(Cc2cnc(N)nc2N)cc(C)c1OCCCN1CCNCC1. The van der Waals surface area contributed by atoms with Crippen LogP contribution in [0.2, 0.25) is 0 Å². The lowest BCUT2D eigenvalue weighted by Crippen LogP contribution is -2.43. The molecule has 0 atom stereocenters. The zero-order valence-electron chi connectivity index (χ0n) is 16.7. The van der Waals surface area contributed by atoms with Crippen LogP contribution in [0, 0.1) is 6.92 Å². The monoisotopic (exact) mass is 386 g/mol. The van der Waals surface area contributed by atoms with E-state index in [-0.39, 0.29) is 5.95 Å². The van der Waals surface area contributed by atoms with E-state index in [1.807, 2.05) is 13.0 Å².